The monoisotopic (exact) mass is 280 g/mol. The Morgan fingerprint density at radius 3 is 2.81 bits per heavy atom. The van der Waals surface area contributed by atoms with E-state index in [4.69, 9.17) is 5.73 Å². The smallest absolute Gasteiger partial charge is 0.227 e. The zero-order chi connectivity index (χ0) is 14.8. The molecule has 3 nitrogen and oxygen atoms in total. The van der Waals surface area contributed by atoms with Crippen LogP contribution < -0.4 is 10.6 Å². The maximum atomic E-state index is 12.5. The number of anilines is 2. The Morgan fingerprint density at radius 2 is 2.00 bits per heavy atom. The molecule has 1 amide bonds. The van der Waals surface area contributed by atoms with Crippen molar-refractivity contribution in [3.63, 3.8) is 0 Å². The number of benzene rings is 2. The fourth-order valence-corrected chi connectivity index (χ4v) is 2.99. The molecule has 0 fully saturated rings. The van der Waals surface area contributed by atoms with Gasteiger partial charge in [-0.1, -0.05) is 30.3 Å². The van der Waals surface area contributed by atoms with Gasteiger partial charge in [-0.15, -0.1) is 0 Å². The van der Waals surface area contributed by atoms with Gasteiger partial charge in [0.15, 0.2) is 0 Å². The van der Waals surface area contributed by atoms with E-state index in [2.05, 4.69) is 19.1 Å². The van der Waals surface area contributed by atoms with Crippen LogP contribution in [0.15, 0.2) is 42.5 Å². The van der Waals surface area contributed by atoms with Gasteiger partial charge in [-0.3, -0.25) is 4.79 Å². The average molecular weight is 280 g/mol. The van der Waals surface area contributed by atoms with Crippen LogP contribution in [-0.2, 0) is 17.6 Å². The number of nitrogens with two attached hydrogens (primary N) is 1. The van der Waals surface area contributed by atoms with Gasteiger partial charge in [-0.2, -0.15) is 0 Å². The number of hydrogen-bond acceptors (Lipinski definition) is 2. The number of amides is 1. The fourth-order valence-electron chi connectivity index (χ4n) is 2.99. The lowest BCUT2D eigenvalue weighted by Crippen LogP contribution is -2.29. The molecule has 0 saturated heterocycles. The standard InChI is InChI=1S/C18H20N2O/c1-13-5-2-3-6-14(13)9-10-18(21)20-12-11-15-16(19)7-4-8-17(15)20/h2-8H,9-12,19H2,1H3. The molecule has 0 aliphatic carbocycles. The Bertz CT molecular complexity index is 679. The third-order valence-corrected chi connectivity index (χ3v) is 4.23. The Balaban J connectivity index is 1.71. The molecule has 2 aromatic rings. The van der Waals surface area contributed by atoms with Gasteiger partial charge in [0.25, 0.3) is 0 Å². The second kappa shape index (κ2) is 5.60. The molecule has 2 aromatic carbocycles. The summed E-state index contributed by atoms with van der Waals surface area (Å²) in [6.45, 7) is 2.84. The van der Waals surface area contributed by atoms with Gasteiger partial charge in [-0.05, 0) is 43.0 Å². The van der Waals surface area contributed by atoms with Crippen LogP contribution in [0.2, 0.25) is 0 Å². The number of aryl methyl sites for hydroxylation is 2. The lowest BCUT2D eigenvalue weighted by Gasteiger charge is -2.18. The number of carbonyl (C=O) groups is 1. The first-order chi connectivity index (χ1) is 10.2. The van der Waals surface area contributed by atoms with Crippen molar-refractivity contribution in [2.75, 3.05) is 17.2 Å². The third-order valence-electron chi connectivity index (χ3n) is 4.23. The van der Waals surface area contributed by atoms with Crippen LogP contribution >= 0.6 is 0 Å². The number of nitrogens with zero attached hydrogens (tertiary/aromatic N) is 1. The van der Waals surface area contributed by atoms with Gasteiger partial charge in [0.05, 0.1) is 0 Å². The molecule has 3 heteroatoms. The van der Waals surface area contributed by atoms with Crippen LogP contribution in [-0.4, -0.2) is 12.5 Å². The summed E-state index contributed by atoms with van der Waals surface area (Å²) in [5, 5.41) is 0. The van der Waals surface area contributed by atoms with Gasteiger partial charge in [0, 0.05) is 29.9 Å². The number of nitrogen functional groups attached to an aromatic ring is 1. The highest BCUT2D eigenvalue weighted by Crippen LogP contribution is 2.32. The molecule has 2 N–H and O–H groups in total. The number of rotatable bonds is 3. The molecule has 0 saturated carbocycles. The second-order valence-corrected chi connectivity index (χ2v) is 5.57. The van der Waals surface area contributed by atoms with Crippen molar-refractivity contribution in [3.05, 3.63) is 59.2 Å². The molecular weight excluding hydrogens is 260 g/mol. The first-order valence-electron chi connectivity index (χ1n) is 7.39. The highest BCUT2D eigenvalue weighted by atomic mass is 16.2. The minimum Gasteiger partial charge on any atom is -0.398 e. The maximum Gasteiger partial charge on any atom is 0.227 e. The van der Waals surface area contributed by atoms with Gasteiger partial charge < -0.3 is 10.6 Å². The Labute approximate surface area is 125 Å². The summed E-state index contributed by atoms with van der Waals surface area (Å²) in [6, 6.07) is 14.1. The molecule has 1 aliphatic rings. The molecule has 0 bridgehead atoms. The molecule has 0 spiro atoms. The Kier molecular flexibility index (Phi) is 3.65. The van der Waals surface area contributed by atoms with Crippen molar-refractivity contribution >= 4 is 17.3 Å². The summed E-state index contributed by atoms with van der Waals surface area (Å²) in [5.41, 5.74) is 11.4. The normalized spacial score (nSPS) is 13.3. The minimum absolute atomic E-state index is 0.183. The molecular formula is C18H20N2O. The quantitative estimate of drug-likeness (QED) is 0.878. The minimum atomic E-state index is 0.183. The first kappa shape index (κ1) is 13.7. The van der Waals surface area contributed by atoms with E-state index in [1.54, 1.807) is 0 Å². The third kappa shape index (κ3) is 2.64. The molecule has 108 valence electrons. The van der Waals surface area contributed by atoms with Crippen LogP contribution in [0.5, 0.6) is 0 Å². The molecule has 0 radical (unpaired) electrons. The molecule has 21 heavy (non-hydrogen) atoms. The largest absolute Gasteiger partial charge is 0.398 e. The Hall–Kier alpha value is -2.29. The summed E-state index contributed by atoms with van der Waals surface area (Å²) in [6.07, 6.45) is 2.19. The summed E-state index contributed by atoms with van der Waals surface area (Å²) in [4.78, 5) is 14.4. The molecule has 1 aliphatic heterocycles. The van der Waals surface area contributed by atoms with E-state index in [9.17, 15) is 4.79 Å². The zero-order valence-corrected chi connectivity index (χ0v) is 12.3. The van der Waals surface area contributed by atoms with E-state index in [1.165, 1.54) is 11.1 Å². The fraction of sp³-hybridized carbons (Fsp3) is 0.278. The predicted octanol–water partition coefficient (Wildman–Crippen LogP) is 3.10. The summed E-state index contributed by atoms with van der Waals surface area (Å²) in [7, 11) is 0. The first-order valence-corrected chi connectivity index (χ1v) is 7.39. The highest BCUT2D eigenvalue weighted by molar-refractivity contribution is 5.96. The molecule has 0 unspecified atom stereocenters. The molecule has 1 heterocycles. The summed E-state index contributed by atoms with van der Waals surface area (Å²) >= 11 is 0. The van der Waals surface area contributed by atoms with Crippen LogP contribution in [0.4, 0.5) is 11.4 Å². The maximum absolute atomic E-state index is 12.5. The van der Waals surface area contributed by atoms with Crippen molar-refractivity contribution in [2.24, 2.45) is 0 Å². The number of fused-ring (bicyclic) bond motifs is 1. The van der Waals surface area contributed by atoms with Crippen molar-refractivity contribution in [3.8, 4) is 0 Å². The van der Waals surface area contributed by atoms with Crippen LogP contribution in [0.25, 0.3) is 0 Å². The molecule has 0 atom stereocenters. The van der Waals surface area contributed by atoms with Crippen LogP contribution in [0.3, 0.4) is 0 Å². The predicted molar refractivity (Wildman–Crippen MR) is 86.4 cm³/mol. The van der Waals surface area contributed by atoms with E-state index >= 15 is 0 Å². The van der Waals surface area contributed by atoms with Crippen molar-refractivity contribution in [2.45, 2.75) is 26.2 Å². The van der Waals surface area contributed by atoms with Gasteiger partial charge in [-0.25, -0.2) is 0 Å². The van der Waals surface area contributed by atoms with E-state index in [0.717, 1.165) is 36.3 Å². The van der Waals surface area contributed by atoms with Crippen molar-refractivity contribution in [1.29, 1.82) is 0 Å². The zero-order valence-electron chi connectivity index (χ0n) is 12.3. The van der Waals surface area contributed by atoms with Gasteiger partial charge in [0.2, 0.25) is 5.91 Å². The van der Waals surface area contributed by atoms with Crippen LogP contribution in [0.1, 0.15) is 23.1 Å². The average Bonchev–Trinajstić information content (AvgIpc) is 2.91. The highest BCUT2D eigenvalue weighted by Gasteiger charge is 2.25. The van der Waals surface area contributed by atoms with E-state index in [1.807, 2.05) is 35.2 Å². The SMILES string of the molecule is Cc1ccccc1CCC(=O)N1CCc2c(N)cccc21. The lowest BCUT2D eigenvalue weighted by molar-refractivity contribution is -0.118. The van der Waals surface area contributed by atoms with Crippen molar-refractivity contribution < 1.29 is 4.79 Å². The topological polar surface area (TPSA) is 46.3 Å². The van der Waals surface area contributed by atoms with E-state index in [0.29, 0.717) is 6.42 Å². The van der Waals surface area contributed by atoms with Gasteiger partial charge >= 0.3 is 0 Å². The lowest BCUT2D eigenvalue weighted by atomic mass is 10.0. The molecule has 3 rings (SSSR count). The number of carbonyl (C=O) groups excluding carboxylic acids is 1. The second-order valence-electron chi connectivity index (χ2n) is 5.57. The van der Waals surface area contributed by atoms with Crippen molar-refractivity contribution in [1.82, 2.24) is 0 Å². The van der Waals surface area contributed by atoms with Crippen LogP contribution in [0, 0.1) is 6.92 Å². The summed E-state index contributed by atoms with van der Waals surface area (Å²) < 4.78 is 0. The summed E-state index contributed by atoms with van der Waals surface area (Å²) in [5.74, 6) is 0.183. The van der Waals surface area contributed by atoms with E-state index in [-0.39, 0.29) is 5.91 Å². The number of hydrogen-bond donors (Lipinski definition) is 1. The van der Waals surface area contributed by atoms with E-state index < -0.39 is 0 Å². The molecule has 0 aromatic heterocycles. The Morgan fingerprint density at radius 1 is 1.19 bits per heavy atom. The van der Waals surface area contributed by atoms with Gasteiger partial charge in [0.1, 0.15) is 0 Å².